The smallest absolute Gasteiger partial charge is 0.166 e. The predicted molar refractivity (Wildman–Crippen MR) is 61.5 cm³/mol. The Morgan fingerprint density at radius 2 is 2.19 bits per heavy atom. The van der Waals surface area contributed by atoms with Gasteiger partial charge in [-0.25, -0.2) is 9.50 Å². The Labute approximate surface area is 94.3 Å². The number of hydrogen-bond donors (Lipinski definition) is 0. The number of aromatic nitrogens is 3. The van der Waals surface area contributed by atoms with E-state index >= 15 is 0 Å². The second-order valence-electron chi connectivity index (χ2n) is 5.12. The lowest BCUT2D eigenvalue weighted by Gasteiger charge is -2.14. The van der Waals surface area contributed by atoms with Gasteiger partial charge in [0.15, 0.2) is 17.8 Å². The maximum atomic E-state index is 10.8. The average molecular weight is 217 g/mol. The fraction of sp³-hybridized carbons (Fsp3) is 0.417. The third kappa shape index (κ3) is 2.10. The quantitative estimate of drug-likeness (QED) is 0.724. The minimum absolute atomic E-state index is 0.145. The molecule has 16 heavy (non-hydrogen) atoms. The normalized spacial score (nSPS) is 11.9. The number of nitrogens with zero attached hydrogens (tertiary/aromatic N) is 3. The first-order valence-electron chi connectivity index (χ1n) is 5.29. The summed E-state index contributed by atoms with van der Waals surface area (Å²) in [6.45, 7) is 6.41. The van der Waals surface area contributed by atoms with E-state index in [0.29, 0.717) is 11.2 Å². The molecule has 0 atom stereocenters. The third-order valence-corrected chi connectivity index (χ3v) is 2.25. The summed E-state index contributed by atoms with van der Waals surface area (Å²) in [5, 5.41) is 4.35. The molecule has 0 amide bonds. The lowest BCUT2D eigenvalue weighted by molar-refractivity contribution is 0.112. The van der Waals surface area contributed by atoms with Crippen molar-refractivity contribution in [3.05, 3.63) is 29.7 Å². The zero-order chi connectivity index (χ0) is 11.8. The van der Waals surface area contributed by atoms with E-state index in [0.717, 1.165) is 18.5 Å². The molecule has 0 saturated heterocycles. The van der Waals surface area contributed by atoms with Gasteiger partial charge >= 0.3 is 0 Å². The molecule has 0 N–H and O–H groups in total. The third-order valence-electron chi connectivity index (χ3n) is 2.25. The Kier molecular flexibility index (Phi) is 2.50. The molecule has 4 nitrogen and oxygen atoms in total. The summed E-state index contributed by atoms with van der Waals surface area (Å²) >= 11 is 0. The van der Waals surface area contributed by atoms with Crippen molar-refractivity contribution in [3.8, 4) is 0 Å². The van der Waals surface area contributed by atoms with Crippen LogP contribution in [0.15, 0.2) is 18.3 Å². The standard InChI is InChI=1S/C12H15N3O/c1-12(2,3)7-10-13-11-9(8-16)5-4-6-15(11)14-10/h4-6,8H,7H2,1-3H3. The molecule has 0 saturated carbocycles. The zero-order valence-corrected chi connectivity index (χ0v) is 9.77. The molecule has 2 aromatic heterocycles. The van der Waals surface area contributed by atoms with Gasteiger partial charge in [-0.15, -0.1) is 0 Å². The summed E-state index contributed by atoms with van der Waals surface area (Å²) in [6, 6.07) is 3.55. The Balaban J connectivity index is 2.48. The van der Waals surface area contributed by atoms with Crippen molar-refractivity contribution in [1.82, 2.24) is 14.6 Å². The fourth-order valence-electron chi connectivity index (χ4n) is 1.61. The molecule has 0 unspecified atom stereocenters. The van der Waals surface area contributed by atoms with E-state index in [1.54, 1.807) is 16.6 Å². The molecular weight excluding hydrogens is 202 g/mol. The molecule has 0 spiro atoms. The van der Waals surface area contributed by atoms with Crippen LogP contribution in [-0.4, -0.2) is 20.9 Å². The molecular formula is C12H15N3O. The average Bonchev–Trinajstić information content (AvgIpc) is 2.56. The predicted octanol–water partition coefficient (Wildman–Crippen LogP) is 2.13. The minimum Gasteiger partial charge on any atom is -0.298 e. The second kappa shape index (κ2) is 3.70. The van der Waals surface area contributed by atoms with Gasteiger partial charge in [0.1, 0.15) is 0 Å². The first kappa shape index (κ1) is 10.8. The summed E-state index contributed by atoms with van der Waals surface area (Å²) in [6.07, 6.45) is 3.42. The number of pyridine rings is 1. The van der Waals surface area contributed by atoms with E-state index in [1.807, 2.05) is 6.20 Å². The van der Waals surface area contributed by atoms with Crippen molar-refractivity contribution in [2.45, 2.75) is 27.2 Å². The van der Waals surface area contributed by atoms with Crippen LogP contribution in [0.2, 0.25) is 0 Å². The first-order chi connectivity index (χ1) is 7.49. The van der Waals surface area contributed by atoms with Gasteiger partial charge in [0, 0.05) is 12.6 Å². The topological polar surface area (TPSA) is 47.3 Å². The van der Waals surface area contributed by atoms with Crippen molar-refractivity contribution >= 4 is 11.9 Å². The highest BCUT2D eigenvalue weighted by Gasteiger charge is 2.15. The first-order valence-corrected chi connectivity index (χ1v) is 5.29. The van der Waals surface area contributed by atoms with Crippen molar-refractivity contribution in [1.29, 1.82) is 0 Å². The molecule has 2 aromatic rings. The number of carbonyl (C=O) groups is 1. The fourth-order valence-corrected chi connectivity index (χ4v) is 1.61. The Morgan fingerprint density at radius 1 is 1.44 bits per heavy atom. The van der Waals surface area contributed by atoms with Gasteiger partial charge in [-0.2, -0.15) is 5.10 Å². The SMILES string of the molecule is CC(C)(C)Cc1nc2c(C=O)cccn2n1. The number of carbonyl (C=O) groups excluding carboxylic acids is 1. The molecule has 0 fully saturated rings. The van der Waals surface area contributed by atoms with Gasteiger partial charge < -0.3 is 0 Å². The van der Waals surface area contributed by atoms with E-state index in [9.17, 15) is 4.79 Å². The van der Waals surface area contributed by atoms with E-state index in [4.69, 9.17) is 0 Å². The van der Waals surface area contributed by atoms with Crippen LogP contribution in [-0.2, 0) is 6.42 Å². The molecule has 84 valence electrons. The molecule has 2 rings (SSSR count). The molecule has 4 heteroatoms. The molecule has 2 heterocycles. The van der Waals surface area contributed by atoms with Crippen LogP contribution in [0.1, 0.15) is 37.0 Å². The van der Waals surface area contributed by atoms with Crippen LogP contribution in [0.5, 0.6) is 0 Å². The summed E-state index contributed by atoms with van der Waals surface area (Å²) in [5.74, 6) is 0.779. The molecule has 0 aliphatic heterocycles. The van der Waals surface area contributed by atoms with Crippen molar-refractivity contribution < 1.29 is 4.79 Å². The monoisotopic (exact) mass is 217 g/mol. The lowest BCUT2D eigenvalue weighted by atomic mass is 9.92. The lowest BCUT2D eigenvalue weighted by Crippen LogP contribution is -2.10. The van der Waals surface area contributed by atoms with Crippen molar-refractivity contribution in [3.63, 3.8) is 0 Å². The van der Waals surface area contributed by atoms with Crippen LogP contribution >= 0.6 is 0 Å². The van der Waals surface area contributed by atoms with Gasteiger partial charge in [0.25, 0.3) is 0 Å². The van der Waals surface area contributed by atoms with E-state index < -0.39 is 0 Å². The number of hydrogen-bond acceptors (Lipinski definition) is 3. The number of aldehydes is 1. The molecule has 0 aliphatic carbocycles. The highest BCUT2D eigenvalue weighted by atomic mass is 16.1. The maximum Gasteiger partial charge on any atom is 0.166 e. The second-order valence-corrected chi connectivity index (χ2v) is 5.12. The summed E-state index contributed by atoms with van der Waals surface area (Å²) in [5.41, 5.74) is 1.36. The molecule has 0 bridgehead atoms. The van der Waals surface area contributed by atoms with Gasteiger partial charge in [-0.1, -0.05) is 20.8 Å². The van der Waals surface area contributed by atoms with E-state index in [1.165, 1.54) is 0 Å². The summed E-state index contributed by atoms with van der Waals surface area (Å²) in [7, 11) is 0. The number of rotatable bonds is 2. The van der Waals surface area contributed by atoms with Crippen LogP contribution < -0.4 is 0 Å². The van der Waals surface area contributed by atoms with Gasteiger partial charge in [-0.3, -0.25) is 4.79 Å². The zero-order valence-electron chi connectivity index (χ0n) is 9.77. The maximum absolute atomic E-state index is 10.8. The highest BCUT2D eigenvalue weighted by molar-refractivity contribution is 5.83. The summed E-state index contributed by atoms with van der Waals surface area (Å²) < 4.78 is 1.66. The van der Waals surface area contributed by atoms with Crippen molar-refractivity contribution in [2.24, 2.45) is 5.41 Å². The Morgan fingerprint density at radius 3 is 2.81 bits per heavy atom. The minimum atomic E-state index is 0.145. The summed E-state index contributed by atoms with van der Waals surface area (Å²) in [4.78, 5) is 15.2. The Bertz CT molecular complexity index is 523. The van der Waals surface area contributed by atoms with Crippen LogP contribution in [0.4, 0.5) is 0 Å². The van der Waals surface area contributed by atoms with Crippen molar-refractivity contribution in [2.75, 3.05) is 0 Å². The van der Waals surface area contributed by atoms with E-state index in [2.05, 4.69) is 30.9 Å². The molecule has 0 radical (unpaired) electrons. The Hall–Kier alpha value is -1.71. The molecule has 0 aromatic carbocycles. The van der Waals surface area contributed by atoms with E-state index in [-0.39, 0.29) is 5.41 Å². The highest BCUT2D eigenvalue weighted by Crippen LogP contribution is 2.19. The molecule has 0 aliphatic rings. The van der Waals surface area contributed by atoms with Gasteiger partial charge in [0.05, 0.1) is 5.56 Å². The largest absolute Gasteiger partial charge is 0.298 e. The van der Waals surface area contributed by atoms with Gasteiger partial charge in [-0.05, 0) is 17.5 Å². The van der Waals surface area contributed by atoms with Crippen LogP contribution in [0, 0.1) is 5.41 Å². The van der Waals surface area contributed by atoms with Gasteiger partial charge in [0.2, 0.25) is 0 Å². The van der Waals surface area contributed by atoms with Crippen LogP contribution in [0.3, 0.4) is 0 Å². The van der Waals surface area contributed by atoms with Crippen LogP contribution in [0.25, 0.3) is 5.65 Å². The number of fused-ring (bicyclic) bond motifs is 1.